The third-order valence-electron chi connectivity index (χ3n) is 2.74. The average molecular weight is 262 g/mol. The highest BCUT2D eigenvalue weighted by atomic mass is 19.1. The van der Waals surface area contributed by atoms with Crippen LogP contribution in [0.1, 0.15) is 25.6 Å². The van der Waals surface area contributed by atoms with Crippen molar-refractivity contribution in [2.24, 2.45) is 0 Å². The molecule has 0 aliphatic heterocycles. The maximum Gasteiger partial charge on any atom is 0.251 e. The summed E-state index contributed by atoms with van der Waals surface area (Å²) in [6.45, 7) is 3.84. The summed E-state index contributed by atoms with van der Waals surface area (Å²) in [5.74, 6) is 0.721. The van der Waals surface area contributed by atoms with Crippen LogP contribution < -0.4 is 10.3 Å². The van der Waals surface area contributed by atoms with Crippen LogP contribution in [0.2, 0.25) is 0 Å². The number of ether oxygens (including phenoxy) is 1. The Morgan fingerprint density at radius 3 is 2.68 bits per heavy atom. The Bertz CT molecular complexity index is 650. The van der Waals surface area contributed by atoms with Crippen molar-refractivity contribution in [1.29, 1.82) is 0 Å². The van der Waals surface area contributed by atoms with Gasteiger partial charge in [0.15, 0.2) is 0 Å². The Balaban J connectivity index is 2.64. The van der Waals surface area contributed by atoms with Gasteiger partial charge >= 0.3 is 0 Å². The number of nitrogens with one attached hydrogen (secondary N) is 1. The molecule has 0 fully saturated rings. The first-order chi connectivity index (χ1) is 9.01. The molecule has 0 aliphatic carbocycles. The van der Waals surface area contributed by atoms with E-state index in [2.05, 4.69) is 9.97 Å². The molecular formula is C14H15FN2O2. The molecular weight excluding hydrogens is 247 g/mol. The molecule has 4 nitrogen and oxygen atoms in total. The lowest BCUT2D eigenvalue weighted by Gasteiger charge is -2.10. The Hall–Kier alpha value is -2.17. The maximum absolute atomic E-state index is 13.4. The Labute approximate surface area is 110 Å². The van der Waals surface area contributed by atoms with Crippen molar-refractivity contribution in [3.8, 4) is 17.0 Å². The van der Waals surface area contributed by atoms with Crippen molar-refractivity contribution >= 4 is 0 Å². The first-order valence-electron chi connectivity index (χ1n) is 5.96. The fourth-order valence-electron chi connectivity index (χ4n) is 1.77. The number of halogens is 1. The number of methoxy groups -OCH3 is 1. The van der Waals surface area contributed by atoms with E-state index in [1.807, 2.05) is 13.8 Å². The zero-order valence-electron chi connectivity index (χ0n) is 11.0. The van der Waals surface area contributed by atoms with E-state index in [0.29, 0.717) is 22.8 Å². The molecule has 2 rings (SSSR count). The molecule has 0 bridgehead atoms. The van der Waals surface area contributed by atoms with Gasteiger partial charge in [-0.2, -0.15) is 0 Å². The Morgan fingerprint density at radius 2 is 2.05 bits per heavy atom. The van der Waals surface area contributed by atoms with Crippen LogP contribution in [0.25, 0.3) is 11.3 Å². The van der Waals surface area contributed by atoms with Gasteiger partial charge < -0.3 is 9.72 Å². The van der Waals surface area contributed by atoms with Gasteiger partial charge in [-0.05, 0) is 18.2 Å². The minimum absolute atomic E-state index is 0.0761. The molecule has 1 aromatic heterocycles. The standard InChI is InChI=1S/C14H15FN2O2/c1-8(2)14-16-11(7-13(18)17-14)10-6-9(15)4-5-12(10)19-3/h4-8H,1-3H3,(H,16,17,18). The van der Waals surface area contributed by atoms with E-state index in [1.165, 1.54) is 31.4 Å². The highest BCUT2D eigenvalue weighted by Crippen LogP contribution is 2.29. The summed E-state index contributed by atoms with van der Waals surface area (Å²) in [6, 6.07) is 5.47. The quantitative estimate of drug-likeness (QED) is 0.925. The molecule has 0 amide bonds. The second-order valence-electron chi connectivity index (χ2n) is 4.52. The molecule has 1 heterocycles. The first kappa shape index (κ1) is 13.3. The predicted octanol–water partition coefficient (Wildman–Crippen LogP) is 2.71. The monoisotopic (exact) mass is 262 g/mol. The lowest BCUT2D eigenvalue weighted by molar-refractivity contribution is 0.415. The number of hydrogen-bond acceptors (Lipinski definition) is 3. The summed E-state index contributed by atoms with van der Waals surface area (Å²) < 4.78 is 18.5. The molecule has 0 spiro atoms. The minimum atomic E-state index is -0.399. The van der Waals surface area contributed by atoms with Crippen LogP contribution in [0, 0.1) is 5.82 Å². The molecule has 0 unspecified atom stereocenters. The summed E-state index contributed by atoms with van der Waals surface area (Å²) in [4.78, 5) is 18.7. The van der Waals surface area contributed by atoms with Crippen LogP contribution in [-0.2, 0) is 0 Å². The molecule has 100 valence electrons. The highest BCUT2D eigenvalue weighted by Gasteiger charge is 2.12. The number of hydrogen-bond donors (Lipinski definition) is 1. The summed E-state index contributed by atoms with van der Waals surface area (Å²) in [7, 11) is 1.49. The van der Waals surface area contributed by atoms with Crippen molar-refractivity contribution in [1.82, 2.24) is 9.97 Å². The fourth-order valence-corrected chi connectivity index (χ4v) is 1.77. The maximum atomic E-state index is 13.4. The molecule has 0 atom stereocenters. The third kappa shape index (κ3) is 2.81. The van der Waals surface area contributed by atoms with E-state index < -0.39 is 5.82 Å². The lowest BCUT2D eigenvalue weighted by Crippen LogP contribution is -2.12. The topological polar surface area (TPSA) is 55.0 Å². The third-order valence-corrected chi connectivity index (χ3v) is 2.74. The molecule has 19 heavy (non-hydrogen) atoms. The van der Waals surface area contributed by atoms with E-state index in [1.54, 1.807) is 0 Å². The largest absolute Gasteiger partial charge is 0.496 e. The number of H-pyrrole nitrogens is 1. The minimum Gasteiger partial charge on any atom is -0.496 e. The van der Waals surface area contributed by atoms with E-state index in [9.17, 15) is 9.18 Å². The average Bonchev–Trinajstić information content (AvgIpc) is 2.37. The van der Waals surface area contributed by atoms with Gasteiger partial charge in [-0.25, -0.2) is 9.37 Å². The molecule has 0 aliphatic rings. The number of benzene rings is 1. The number of aromatic nitrogens is 2. The summed E-state index contributed by atoms with van der Waals surface area (Å²) in [6.07, 6.45) is 0. The van der Waals surface area contributed by atoms with Crippen LogP contribution in [0.4, 0.5) is 4.39 Å². The van der Waals surface area contributed by atoms with Crippen LogP contribution in [-0.4, -0.2) is 17.1 Å². The Kier molecular flexibility index (Phi) is 3.64. The van der Waals surface area contributed by atoms with Crippen molar-refractivity contribution in [2.75, 3.05) is 7.11 Å². The van der Waals surface area contributed by atoms with Crippen molar-refractivity contribution < 1.29 is 9.13 Å². The van der Waals surface area contributed by atoms with E-state index >= 15 is 0 Å². The van der Waals surface area contributed by atoms with Gasteiger partial charge in [0.05, 0.1) is 12.8 Å². The molecule has 0 saturated heterocycles. The molecule has 1 aromatic carbocycles. The van der Waals surface area contributed by atoms with Gasteiger partial charge in [0.1, 0.15) is 17.4 Å². The van der Waals surface area contributed by atoms with Crippen LogP contribution >= 0.6 is 0 Å². The fraction of sp³-hybridized carbons (Fsp3) is 0.286. The predicted molar refractivity (Wildman–Crippen MR) is 70.9 cm³/mol. The van der Waals surface area contributed by atoms with Gasteiger partial charge in [0.2, 0.25) is 0 Å². The van der Waals surface area contributed by atoms with Gasteiger partial charge in [0.25, 0.3) is 5.56 Å². The molecule has 2 aromatic rings. The van der Waals surface area contributed by atoms with Gasteiger partial charge in [-0.15, -0.1) is 0 Å². The smallest absolute Gasteiger partial charge is 0.251 e. The van der Waals surface area contributed by atoms with E-state index in [-0.39, 0.29) is 11.5 Å². The Morgan fingerprint density at radius 1 is 1.32 bits per heavy atom. The number of rotatable bonds is 3. The zero-order chi connectivity index (χ0) is 14.0. The van der Waals surface area contributed by atoms with Gasteiger partial charge in [0, 0.05) is 17.5 Å². The van der Waals surface area contributed by atoms with E-state index in [4.69, 9.17) is 4.74 Å². The van der Waals surface area contributed by atoms with Gasteiger partial charge in [-0.1, -0.05) is 13.8 Å². The van der Waals surface area contributed by atoms with Crippen molar-refractivity contribution in [2.45, 2.75) is 19.8 Å². The van der Waals surface area contributed by atoms with Crippen LogP contribution in [0.3, 0.4) is 0 Å². The first-order valence-corrected chi connectivity index (χ1v) is 5.96. The lowest BCUT2D eigenvalue weighted by atomic mass is 10.1. The summed E-state index contributed by atoms with van der Waals surface area (Å²) in [5.41, 5.74) is 0.610. The zero-order valence-corrected chi connectivity index (χ0v) is 11.0. The molecule has 5 heteroatoms. The number of aromatic amines is 1. The summed E-state index contributed by atoms with van der Waals surface area (Å²) in [5, 5.41) is 0. The van der Waals surface area contributed by atoms with Crippen LogP contribution in [0.5, 0.6) is 5.75 Å². The second-order valence-corrected chi connectivity index (χ2v) is 4.52. The van der Waals surface area contributed by atoms with Crippen molar-refractivity contribution in [3.63, 3.8) is 0 Å². The van der Waals surface area contributed by atoms with Gasteiger partial charge in [-0.3, -0.25) is 4.79 Å². The highest BCUT2D eigenvalue weighted by molar-refractivity contribution is 5.66. The normalized spacial score (nSPS) is 10.8. The van der Waals surface area contributed by atoms with Crippen molar-refractivity contribution in [3.05, 3.63) is 46.3 Å². The SMILES string of the molecule is COc1ccc(F)cc1-c1cc(=O)[nH]c(C(C)C)n1. The molecule has 1 N–H and O–H groups in total. The second kappa shape index (κ2) is 5.22. The molecule has 0 saturated carbocycles. The summed E-state index contributed by atoms with van der Waals surface area (Å²) >= 11 is 0. The van der Waals surface area contributed by atoms with E-state index in [0.717, 1.165) is 0 Å². The number of nitrogens with zero attached hydrogens (tertiary/aromatic N) is 1. The van der Waals surface area contributed by atoms with Crippen LogP contribution in [0.15, 0.2) is 29.1 Å². The molecule has 0 radical (unpaired) electrons.